The summed E-state index contributed by atoms with van der Waals surface area (Å²) >= 11 is 0. The number of nitrogens with zero attached hydrogens (tertiary/aromatic N) is 5. The molecule has 210 valence electrons. The number of ether oxygens (including phenoxy) is 1. The van der Waals surface area contributed by atoms with E-state index >= 15 is 0 Å². The van der Waals surface area contributed by atoms with Crippen molar-refractivity contribution >= 4 is 30.8 Å². The van der Waals surface area contributed by atoms with Gasteiger partial charge in [-0.1, -0.05) is 30.4 Å². The van der Waals surface area contributed by atoms with Gasteiger partial charge in [0.1, 0.15) is 11.8 Å². The average molecular weight is 559 g/mol. The highest BCUT2D eigenvalue weighted by Gasteiger charge is 2.44. The summed E-state index contributed by atoms with van der Waals surface area (Å²) in [5.74, 6) is -0.514. The first-order valence-corrected chi connectivity index (χ1v) is 14.3. The maximum atomic E-state index is 14.2. The highest BCUT2D eigenvalue weighted by atomic mass is 31.2. The van der Waals surface area contributed by atoms with Crippen molar-refractivity contribution in [3.63, 3.8) is 0 Å². The van der Waals surface area contributed by atoms with Crippen molar-refractivity contribution in [3.05, 3.63) is 48.8 Å². The minimum atomic E-state index is -4.07. The third-order valence-electron chi connectivity index (χ3n) is 6.24. The highest BCUT2D eigenvalue weighted by molar-refractivity contribution is 7.51. The second kappa shape index (κ2) is 11.7. The van der Waals surface area contributed by atoms with Crippen LogP contribution in [0.15, 0.2) is 48.8 Å². The Morgan fingerprint density at radius 1 is 1.18 bits per heavy atom. The third-order valence-corrected chi connectivity index (χ3v) is 8.53. The van der Waals surface area contributed by atoms with Crippen LogP contribution in [0.5, 0.6) is 11.6 Å². The van der Waals surface area contributed by atoms with Crippen molar-refractivity contribution in [1.82, 2.24) is 24.2 Å². The zero-order valence-corrected chi connectivity index (χ0v) is 23.6. The van der Waals surface area contributed by atoms with Crippen molar-refractivity contribution in [2.75, 3.05) is 12.3 Å². The first kappa shape index (κ1) is 28.5. The van der Waals surface area contributed by atoms with E-state index in [0.29, 0.717) is 29.2 Å². The van der Waals surface area contributed by atoms with Crippen LogP contribution >= 0.6 is 7.75 Å². The number of carboxylic acid groups (broad SMARTS) is 1. The standard InChI is InChI=1S/C26H35N6O6P/c1-16(2)32(18(5)25(33)34)39(35,38-21-9-7-6-8-10-21)36-14-19-11-12-20(13-19)31-15-28-22-23(31)29-26(27)30-24(22)37-17(3)4/h6-12,15-20H,13-14H2,1-5H3,(H,33,34)(H2,27,29,30)/t18?,19-,20+,39-/m1/s1. The highest BCUT2D eigenvalue weighted by Crippen LogP contribution is 2.55. The van der Waals surface area contributed by atoms with Gasteiger partial charge in [-0.15, -0.1) is 0 Å². The van der Waals surface area contributed by atoms with Gasteiger partial charge in [0.05, 0.1) is 25.1 Å². The van der Waals surface area contributed by atoms with Crippen molar-refractivity contribution in [3.8, 4) is 11.6 Å². The maximum absolute atomic E-state index is 14.2. The van der Waals surface area contributed by atoms with Crippen molar-refractivity contribution in [2.45, 2.75) is 65.3 Å². The van der Waals surface area contributed by atoms with E-state index in [9.17, 15) is 14.5 Å². The number of carbonyl (C=O) groups is 1. The van der Waals surface area contributed by atoms with Gasteiger partial charge in [-0.3, -0.25) is 9.32 Å². The van der Waals surface area contributed by atoms with E-state index in [2.05, 4.69) is 15.0 Å². The lowest BCUT2D eigenvalue weighted by Gasteiger charge is -2.35. The van der Waals surface area contributed by atoms with Gasteiger partial charge in [0, 0.05) is 12.0 Å². The summed E-state index contributed by atoms with van der Waals surface area (Å²) in [4.78, 5) is 24.9. The molecule has 39 heavy (non-hydrogen) atoms. The van der Waals surface area contributed by atoms with Gasteiger partial charge in [0.15, 0.2) is 11.2 Å². The van der Waals surface area contributed by atoms with E-state index in [1.165, 1.54) is 11.6 Å². The molecular weight excluding hydrogens is 523 g/mol. The summed E-state index contributed by atoms with van der Waals surface area (Å²) in [6, 6.07) is 6.96. The Balaban J connectivity index is 1.54. The molecule has 1 aliphatic carbocycles. The zero-order chi connectivity index (χ0) is 28.3. The molecule has 0 bridgehead atoms. The van der Waals surface area contributed by atoms with Gasteiger partial charge >= 0.3 is 13.7 Å². The van der Waals surface area contributed by atoms with Gasteiger partial charge in [0.25, 0.3) is 0 Å². The SMILES string of the molecule is CC(C)Oc1nc(N)nc2c1ncn2[C@H]1C=C[C@@H](CO[P@@](=O)(Oc2ccccc2)N(C(C)C)C(C)C(=O)O)C1. The number of benzene rings is 1. The Hall–Kier alpha value is -3.47. The minimum absolute atomic E-state index is 0.0537. The molecule has 1 aromatic carbocycles. The minimum Gasteiger partial charge on any atom is -0.480 e. The molecule has 0 radical (unpaired) electrons. The van der Waals surface area contributed by atoms with Crippen LogP contribution in [0.4, 0.5) is 5.95 Å². The van der Waals surface area contributed by atoms with Crippen LogP contribution < -0.4 is 15.0 Å². The van der Waals surface area contributed by atoms with E-state index < -0.39 is 25.8 Å². The Kier molecular flexibility index (Phi) is 8.58. The molecule has 0 spiro atoms. The normalized spacial score (nSPS) is 19.6. The van der Waals surface area contributed by atoms with Gasteiger partial charge < -0.3 is 24.7 Å². The molecule has 0 saturated carbocycles. The number of anilines is 1. The lowest BCUT2D eigenvalue weighted by atomic mass is 10.1. The molecule has 2 aromatic heterocycles. The topological polar surface area (TPSA) is 155 Å². The first-order valence-electron chi connectivity index (χ1n) is 12.8. The van der Waals surface area contributed by atoms with E-state index in [-0.39, 0.29) is 30.6 Å². The van der Waals surface area contributed by atoms with E-state index in [1.54, 1.807) is 50.5 Å². The fourth-order valence-corrected chi connectivity index (χ4v) is 6.67. The van der Waals surface area contributed by atoms with Crippen molar-refractivity contribution in [1.29, 1.82) is 0 Å². The molecule has 12 nitrogen and oxygen atoms in total. The van der Waals surface area contributed by atoms with Crippen LogP contribution in [-0.4, -0.2) is 60.1 Å². The van der Waals surface area contributed by atoms with Crippen LogP contribution in [0.25, 0.3) is 11.2 Å². The molecule has 1 aliphatic rings. The summed E-state index contributed by atoms with van der Waals surface area (Å²) in [5, 5.41) is 9.70. The number of hydrogen-bond donors (Lipinski definition) is 2. The molecule has 4 rings (SSSR count). The maximum Gasteiger partial charge on any atom is 0.462 e. The average Bonchev–Trinajstić information content (AvgIpc) is 3.50. The van der Waals surface area contributed by atoms with E-state index in [0.717, 1.165) is 0 Å². The number of aromatic nitrogens is 4. The Morgan fingerprint density at radius 2 is 1.90 bits per heavy atom. The molecule has 2 heterocycles. The Bertz CT molecular complexity index is 1380. The number of allylic oxidation sites excluding steroid dienone is 1. The molecule has 4 atom stereocenters. The van der Waals surface area contributed by atoms with Gasteiger partial charge in [-0.25, -0.2) is 9.55 Å². The number of fused-ring (bicyclic) bond motifs is 1. The van der Waals surface area contributed by atoms with Crippen molar-refractivity contribution < 1.29 is 28.3 Å². The largest absolute Gasteiger partial charge is 0.480 e. The molecule has 0 amide bonds. The van der Waals surface area contributed by atoms with Crippen LogP contribution in [0, 0.1) is 5.92 Å². The lowest BCUT2D eigenvalue weighted by Crippen LogP contribution is -2.42. The summed E-state index contributed by atoms with van der Waals surface area (Å²) in [7, 11) is -4.07. The molecule has 1 unspecified atom stereocenters. The summed E-state index contributed by atoms with van der Waals surface area (Å²) in [6.07, 6.45) is 6.14. The van der Waals surface area contributed by atoms with Crippen LogP contribution in [0.3, 0.4) is 0 Å². The number of hydrogen-bond acceptors (Lipinski definition) is 9. The number of carboxylic acids is 1. The number of imidazole rings is 1. The third kappa shape index (κ3) is 6.41. The Labute approximate surface area is 227 Å². The smallest absolute Gasteiger partial charge is 0.462 e. The summed E-state index contributed by atoms with van der Waals surface area (Å²) < 4.78 is 35.0. The molecular formula is C26H35N6O6P. The number of nitrogens with two attached hydrogens (primary N) is 1. The monoisotopic (exact) mass is 558 g/mol. The second-order valence-electron chi connectivity index (χ2n) is 9.98. The van der Waals surface area contributed by atoms with Crippen LogP contribution in [0.1, 0.15) is 47.1 Å². The summed E-state index contributed by atoms with van der Waals surface area (Å²) in [6.45, 7) is 8.81. The number of nitrogen functional groups attached to an aromatic ring is 1. The van der Waals surface area contributed by atoms with Crippen LogP contribution in [0.2, 0.25) is 0 Å². The Morgan fingerprint density at radius 3 is 2.54 bits per heavy atom. The quantitative estimate of drug-likeness (QED) is 0.235. The molecule has 3 aromatic rings. The molecule has 3 N–H and O–H groups in total. The number of para-hydroxylation sites is 1. The first-order chi connectivity index (χ1) is 18.5. The molecule has 0 aliphatic heterocycles. The van der Waals surface area contributed by atoms with E-state index in [1.807, 2.05) is 30.6 Å². The molecule has 13 heteroatoms. The fraction of sp³-hybridized carbons (Fsp3) is 0.462. The van der Waals surface area contributed by atoms with Gasteiger partial charge in [0.2, 0.25) is 11.8 Å². The number of rotatable bonds is 12. The van der Waals surface area contributed by atoms with Crippen molar-refractivity contribution in [2.24, 2.45) is 5.92 Å². The molecule has 0 fully saturated rings. The predicted octanol–water partition coefficient (Wildman–Crippen LogP) is 4.70. The predicted molar refractivity (Wildman–Crippen MR) is 146 cm³/mol. The van der Waals surface area contributed by atoms with E-state index in [4.69, 9.17) is 19.5 Å². The molecule has 0 saturated heterocycles. The zero-order valence-electron chi connectivity index (χ0n) is 22.7. The van der Waals surface area contributed by atoms with Crippen LogP contribution in [-0.2, 0) is 13.9 Å². The lowest BCUT2D eigenvalue weighted by molar-refractivity contribution is -0.141. The summed E-state index contributed by atoms with van der Waals surface area (Å²) in [5.41, 5.74) is 7.00. The number of aliphatic carboxylic acids is 1. The second-order valence-corrected chi connectivity index (χ2v) is 11.8. The fourth-order valence-electron chi connectivity index (χ4n) is 4.54. The van der Waals surface area contributed by atoms with Gasteiger partial charge in [-0.2, -0.15) is 14.6 Å². The van der Waals surface area contributed by atoms with Gasteiger partial charge in [-0.05, 0) is 53.2 Å².